The number of hydrogen-bond acceptors (Lipinski definition) is 4. The Morgan fingerprint density at radius 1 is 1.24 bits per heavy atom. The van der Waals surface area contributed by atoms with Crippen LogP contribution >= 0.6 is 0 Å². The van der Waals surface area contributed by atoms with Gasteiger partial charge in [0.1, 0.15) is 6.54 Å². The molecule has 1 fully saturated rings. The van der Waals surface area contributed by atoms with Crippen LogP contribution in [0.1, 0.15) is 26.7 Å². The third-order valence-corrected chi connectivity index (χ3v) is 4.04. The van der Waals surface area contributed by atoms with Crippen molar-refractivity contribution in [1.29, 1.82) is 0 Å². The molecule has 0 bridgehead atoms. The summed E-state index contributed by atoms with van der Waals surface area (Å²) < 4.78 is 1.52. The Labute approximate surface area is 124 Å². The second kappa shape index (κ2) is 7.19. The monoisotopic (exact) mass is 293 g/mol. The van der Waals surface area contributed by atoms with Gasteiger partial charge in [0.2, 0.25) is 11.8 Å². The Hall–Kier alpha value is -1.92. The summed E-state index contributed by atoms with van der Waals surface area (Å²) in [7, 11) is 0. The van der Waals surface area contributed by atoms with Gasteiger partial charge in [-0.15, -0.1) is 5.10 Å². The average molecular weight is 293 g/mol. The van der Waals surface area contributed by atoms with Crippen LogP contribution in [-0.2, 0) is 16.1 Å². The van der Waals surface area contributed by atoms with Gasteiger partial charge < -0.3 is 9.80 Å². The zero-order valence-electron chi connectivity index (χ0n) is 12.7. The molecule has 0 saturated carbocycles. The molecule has 0 aliphatic carbocycles. The first-order chi connectivity index (χ1) is 10.2. The molecule has 2 heterocycles. The molecule has 0 aromatic carbocycles. The van der Waals surface area contributed by atoms with Gasteiger partial charge in [-0.05, 0) is 26.7 Å². The molecule has 1 aromatic rings. The Kier molecular flexibility index (Phi) is 5.30. The zero-order valence-corrected chi connectivity index (χ0v) is 12.7. The standard InChI is InChI=1S/C14H23N5O2/c1-3-17(4-2)14(21)12-5-8-18(9-6-12)13(20)11-19-10-7-15-16-19/h7,10,12H,3-6,8-9,11H2,1-2H3. The number of carbonyl (C=O) groups is 2. The second-order valence-electron chi connectivity index (χ2n) is 5.27. The van der Waals surface area contributed by atoms with Crippen LogP contribution in [0.2, 0.25) is 0 Å². The van der Waals surface area contributed by atoms with Gasteiger partial charge in [0.25, 0.3) is 0 Å². The molecule has 0 N–H and O–H groups in total. The van der Waals surface area contributed by atoms with E-state index < -0.39 is 0 Å². The maximum Gasteiger partial charge on any atom is 0.244 e. The van der Waals surface area contributed by atoms with Crippen LogP contribution in [0.4, 0.5) is 0 Å². The molecular weight excluding hydrogens is 270 g/mol. The molecule has 0 unspecified atom stereocenters. The molecule has 1 aliphatic rings. The number of aromatic nitrogens is 3. The lowest BCUT2D eigenvalue weighted by molar-refractivity contribution is -0.140. The highest BCUT2D eigenvalue weighted by atomic mass is 16.2. The smallest absolute Gasteiger partial charge is 0.244 e. The van der Waals surface area contributed by atoms with E-state index in [-0.39, 0.29) is 24.3 Å². The van der Waals surface area contributed by atoms with E-state index in [0.717, 1.165) is 25.9 Å². The summed E-state index contributed by atoms with van der Waals surface area (Å²) in [5.74, 6) is 0.318. The average Bonchev–Trinajstić information content (AvgIpc) is 3.01. The fourth-order valence-electron chi connectivity index (χ4n) is 2.72. The minimum absolute atomic E-state index is 0.0363. The second-order valence-corrected chi connectivity index (χ2v) is 5.27. The van der Waals surface area contributed by atoms with Crippen molar-refractivity contribution in [3.05, 3.63) is 12.4 Å². The van der Waals surface area contributed by atoms with Crippen molar-refractivity contribution in [3.8, 4) is 0 Å². The lowest BCUT2D eigenvalue weighted by atomic mass is 9.95. The molecule has 0 atom stereocenters. The molecule has 2 amide bonds. The summed E-state index contributed by atoms with van der Waals surface area (Å²) >= 11 is 0. The summed E-state index contributed by atoms with van der Waals surface area (Å²) in [6, 6.07) is 0. The minimum Gasteiger partial charge on any atom is -0.343 e. The van der Waals surface area contributed by atoms with Crippen LogP contribution < -0.4 is 0 Å². The Morgan fingerprint density at radius 3 is 2.43 bits per heavy atom. The van der Waals surface area contributed by atoms with E-state index >= 15 is 0 Å². The maximum absolute atomic E-state index is 12.3. The number of hydrogen-bond donors (Lipinski definition) is 0. The van der Waals surface area contributed by atoms with Crippen LogP contribution in [0.15, 0.2) is 12.4 Å². The van der Waals surface area contributed by atoms with Crippen molar-refractivity contribution in [2.24, 2.45) is 5.92 Å². The van der Waals surface area contributed by atoms with E-state index in [2.05, 4.69) is 10.3 Å². The first-order valence-electron chi connectivity index (χ1n) is 7.56. The van der Waals surface area contributed by atoms with Gasteiger partial charge in [-0.25, -0.2) is 4.68 Å². The molecule has 0 spiro atoms. The van der Waals surface area contributed by atoms with E-state index in [4.69, 9.17) is 0 Å². The van der Waals surface area contributed by atoms with Crippen LogP contribution in [0, 0.1) is 5.92 Å². The Bertz CT molecular complexity index is 462. The predicted molar refractivity (Wildman–Crippen MR) is 77.3 cm³/mol. The van der Waals surface area contributed by atoms with Crippen molar-refractivity contribution in [2.75, 3.05) is 26.2 Å². The molecule has 21 heavy (non-hydrogen) atoms. The minimum atomic E-state index is 0.0363. The van der Waals surface area contributed by atoms with E-state index in [1.165, 1.54) is 4.68 Å². The van der Waals surface area contributed by atoms with Gasteiger partial charge in [0, 0.05) is 38.3 Å². The lowest BCUT2D eigenvalue weighted by Gasteiger charge is -2.33. The zero-order chi connectivity index (χ0) is 15.2. The van der Waals surface area contributed by atoms with Gasteiger partial charge in [-0.1, -0.05) is 5.21 Å². The van der Waals surface area contributed by atoms with E-state index in [9.17, 15) is 9.59 Å². The van der Waals surface area contributed by atoms with Crippen LogP contribution in [0.5, 0.6) is 0 Å². The molecule has 0 radical (unpaired) electrons. The summed E-state index contributed by atoms with van der Waals surface area (Å²) in [5, 5.41) is 7.48. The predicted octanol–water partition coefficient (Wildman–Crippen LogP) is 0.385. The molecular formula is C14H23N5O2. The maximum atomic E-state index is 12.3. The van der Waals surface area contributed by atoms with Crippen LogP contribution in [0.25, 0.3) is 0 Å². The van der Waals surface area contributed by atoms with Gasteiger partial charge in [0.15, 0.2) is 0 Å². The fourth-order valence-corrected chi connectivity index (χ4v) is 2.72. The number of rotatable bonds is 5. The van der Waals surface area contributed by atoms with Gasteiger partial charge >= 0.3 is 0 Å². The molecule has 7 nitrogen and oxygen atoms in total. The summed E-state index contributed by atoms with van der Waals surface area (Å²) in [6.07, 6.45) is 4.73. The lowest BCUT2D eigenvalue weighted by Crippen LogP contribution is -2.45. The van der Waals surface area contributed by atoms with Crippen LogP contribution in [0.3, 0.4) is 0 Å². The summed E-state index contributed by atoms with van der Waals surface area (Å²) in [5.41, 5.74) is 0. The van der Waals surface area contributed by atoms with Gasteiger partial charge in [0.05, 0.1) is 6.20 Å². The number of likely N-dealkylation sites (tertiary alicyclic amines) is 1. The molecule has 1 aliphatic heterocycles. The number of carbonyl (C=O) groups excluding carboxylic acids is 2. The third-order valence-electron chi connectivity index (χ3n) is 4.04. The van der Waals surface area contributed by atoms with E-state index in [1.54, 1.807) is 12.4 Å². The largest absolute Gasteiger partial charge is 0.343 e. The Morgan fingerprint density at radius 2 is 1.90 bits per heavy atom. The van der Waals surface area contributed by atoms with E-state index in [0.29, 0.717) is 13.1 Å². The summed E-state index contributed by atoms with van der Waals surface area (Å²) in [6.45, 7) is 7.00. The highest BCUT2D eigenvalue weighted by molar-refractivity contribution is 5.80. The SMILES string of the molecule is CCN(CC)C(=O)C1CCN(C(=O)Cn2ccnn2)CC1. The molecule has 2 rings (SSSR count). The number of amides is 2. The van der Waals surface area contributed by atoms with Crippen molar-refractivity contribution in [3.63, 3.8) is 0 Å². The molecule has 7 heteroatoms. The van der Waals surface area contributed by atoms with Crippen molar-refractivity contribution in [1.82, 2.24) is 24.8 Å². The van der Waals surface area contributed by atoms with E-state index in [1.807, 2.05) is 23.6 Å². The normalized spacial score (nSPS) is 16.0. The third kappa shape index (κ3) is 3.80. The summed E-state index contributed by atoms with van der Waals surface area (Å²) in [4.78, 5) is 28.1. The Balaban J connectivity index is 1.82. The fraction of sp³-hybridized carbons (Fsp3) is 0.714. The van der Waals surface area contributed by atoms with Crippen LogP contribution in [-0.4, -0.2) is 62.8 Å². The number of piperidine rings is 1. The van der Waals surface area contributed by atoms with Crippen molar-refractivity contribution in [2.45, 2.75) is 33.2 Å². The van der Waals surface area contributed by atoms with Gasteiger partial charge in [-0.3, -0.25) is 9.59 Å². The van der Waals surface area contributed by atoms with Gasteiger partial charge in [-0.2, -0.15) is 0 Å². The quantitative estimate of drug-likeness (QED) is 0.787. The highest BCUT2D eigenvalue weighted by Gasteiger charge is 2.29. The number of nitrogens with zero attached hydrogens (tertiary/aromatic N) is 5. The highest BCUT2D eigenvalue weighted by Crippen LogP contribution is 2.20. The topological polar surface area (TPSA) is 71.3 Å². The molecule has 116 valence electrons. The molecule has 1 saturated heterocycles. The molecule has 1 aromatic heterocycles. The first-order valence-corrected chi connectivity index (χ1v) is 7.56. The first kappa shape index (κ1) is 15.5. The van der Waals surface area contributed by atoms with Crippen molar-refractivity contribution >= 4 is 11.8 Å². The van der Waals surface area contributed by atoms with Crippen molar-refractivity contribution < 1.29 is 9.59 Å².